The number of hydrogen-bond donors (Lipinski definition) is 8. The largest absolute Gasteiger partial charge is 0.378 e. The number of carbonyl (C=O) groups excluding carboxylic acids is 2. The third-order valence-corrected chi connectivity index (χ3v) is 6.88. The van der Waals surface area contributed by atoms with E-state index in [1.807, 2.05) is 62.4 Å². The summed E-state index contributed by atoms with van der Waals surface area (Å²) in [6, 6.07) is 16.2. The molecule has 2 aromatic carbocycles. The Bertz CT molecular complexity index is 1340. The molecule has 0 saturated carbocycles. The average molecular weight is 696 g/mol. The third kappa shape index (κ3) is 16.8. The van der Waals surface area contributed by atoms with Gasteiger partial charge in [-0.15, -0.1) is 0 Å². The van der Waals surface area contributed by atoms with E-state index in [4.69, 9.17) is 29.7 Å². The van der Waals surface area contributed by atoms with E-state index in [9.17, 15) is 9.59 Å². The Morgan fingerprint density at radius 1 is 0.800 bits per heavy atom. The number of guanidine groups is 1. The van der Waals surface area contributed by atoms with E-state index in [0.29, 0.717) is 96.1 Å². The molecule has 3 rings (SSSR count). The molecule has 0 spiro atoms. The number of aliphatic imine (C=N–C) groups is 1. The SMILES string of the molecule is C/C=C\C=C(/C)NC1N=C(Nc2ccc(C(=O)NCCOCCOCCN)cc2)NC(NCCOCCOCCNC(=O)c2ccccc2)N1. The summed E-state index contributed by atoms with van der Waals surface area (Å²) in [5.74, 6) is 0.231. The topological polar surface area (TPSA) is 194 Å². The first-order valence-electron chi connectivity index (χ1n) is 16.9. The molecule has 50 heavy (non-hydrogen) atoms. The second kappa shape index (κ2) is 24.7. The maximum absolute atomic E-state index is 12.5. The number of rotatable bonds is 24. The predicted octanol–water partition coefficient (Wildman–Crippen LogP) is 1.06. The molecule has 2 aromatic rings. The number of allylic oxidation sites excluding steroid dienone is 4. The van der Waals surface area contributed by atoms with E-state index in [1.165, 1.54) is 0 Å². The lowest BCUT2D eigenvalue weighted by atomic mass is 10.2. The second-order valence-corrected chi connectivity index (χ2v) is 10.9. The van der Waals surface area contributed by atoms with Crippen molar-refractivity contribution in [3.05, 3.63) is 89.6 Å². The van der Waals surface area contributed by atoms with Gasteiger partial charge in [0.25, 0.3) is 11.8 Å². The summed E-state index contributed by atoms with van der Waals surface area (Å²) in [7, 11) is 0. The molecule has 2 amide bonds. The predicted molar refractivity (Wildman–Crippen MR) is 194 cm³/mol. The number of nitrogens with two attached hydrogens (primary N) is 1. The molecule has 0 bridgehead atoms. The van der Waals surface area contributed by atoms with E-state index >= 15 is 0 Å². The van der Waals surface area contributed by atoms with E-state index in [1.54, 1.807) is 24.3 Å². The van der Waals surface area contributed by atoms with Crippen LogP contribution in [0.15, 0.2) is 83.5 Å². The Labute approximate surface area is 294 Å². The van der Waals surface area contributed by atoms with Crippen LogP contribution in [0.25, 0.3) is 0 Å². The van der Waals surface area contributed by atoms with Crippen LogP contribution in [-0.2, 0) is 18.9 Å². The van der Waals surface area contributed by atoms with Gasteiger partial charge in [0.05, 0.1) is 52.9 Å². The van der Waals surface area contributed by atoms with E-state index < -0.39 is 6.29 Å². The summed E-state index contributed by atoms with van der Waals surface area (Å²) < 4.78 is 22.0. The number of benzene rings is 2. The van der Waals surface area contributed by atoms with Crippen LogP contribution in [0.4, 0.5) is 5.69 Å². The number of anilines is 1. The summed E-state index contributed by atoms with van der Waals surface area (Å²) >= 11 is 0. The van der Waals surface area contributed by atoms with Gasteiger partial charge < -0.3 is 51.3 Å². The summed E-state index contributed by atoms with van der Waals surface area (Å²) in [6.45, 7) is 9.32. The van der Waals surface area contributed by atoms with Gasteiger partial charge >= 0.3 is 0 Å². The fourth-order valence-corrected chi connectivity index (χ4v) is 4.41. The summed E-state index contributed by atoms with van der Waals surface area (Å²) in [5.41, 5.74) is 8.23. The smallest absolute Gasteiger partial charge is 0.251 e. The quantitative estimate of drug-likeness (QED) is 0.0576. The van der Waals surface area contributed by atoms with Gasteiger partial charge in [-0.25, -0.2) is 10.3 Å². The Kier molecular flexibility index (Phi) is 19.8. The molecule has 0 aromatic heterocycles. The lowest BCUT2D eigenvalue weighted by Gasteiger charge is -2.33. The van der Waals surface area contributed by atoms with Gasteiger partial charge in [-0.05, 0) is 56.3 Å². The average Bonchev–Trinajstić information content (AvgIpc) is 3.13. The molecule has 0 aliphatic carbocycles. The molecule has 0 fully saturated rings. The molecular formula is C35H53N9O6. The van der Waals surface area contributed by atoms with Gasteiger partial charge in [-0.3, -0.25) is 14.9 Å². The Balaban J connectivity index is 1.38. The Morgan fingerprint density at radius 3 is 1.98 bits per heavy atom. The van der Waals surface area contributed by atoms with Crippen LogP contribution in [0.1, 0.15) is 34.6 Å². The molecule has 2 atom stereocenters. The maximum atomic E-state index is 12.5. The van der Waals surface area contributed by atoms with Crippen molar-refractivity contribution in [1.29, 1.82) is 0 Å². The highest BCUT2D eigenvalue weighted by atomic mass is 16.5. The van der Waals surface area contributed by atoms with Crippen LogP contribution in [0.5, 0.6) is 0 Å². The Morgan fingerprint density at radius 2 is 1.38 bits per heavy atom. The zero-order valence-electron chi connectivity index (χ0n) is 29.0. The van der Waals surface area contributed by atoms with Gasteiger partial charge in [-0.1, -0.05) is 30.4 Å². The zero-order chi connectivity index (χ0) is 35.7. The Hall–Kier alpha value is -4.35. The van der Waals surface area contributed by atoms with Crippen molar-refractivity contribution in [3.63, 3.8) is 0 Å². The van der Waals surface area contributed by atoms with E-state index in [2.05, 4.69) is 37.2 Å². The number of nitrogens with zero attached hydrogens (tertiary/aromatic N) is 1. The molecule has 9 N–H and O–H groups in total. The lowest BCUT2D eigenvalue weighted by molar-refractivity contribution is 0.0480. The zero-order valence-corrected chi connectivity index (χ0v) is 29.0. The molecule has 274 valence electrons. The minimum Gasteiger partial charge on any atom is -0.378 e. The highest BCUT2D eigenvalue weighted by Gasteiger charge is 2.22. The first kappa shape index (κ1) is 40.1. The van der Waals surface area contributed by atoms with Crippen LogP contribution >= 0.6 is 0 Å². The van der Waals surface area contributed by atoms with Gasteiger partial charge in [0.2, 0.25) is 5.96 Å². The molecule has 2 unspecified atom stereocenters. The fourth-order valence-electron chi connectivity index (χ4n) is 4.41. The number of amides is 2. The van der Waals surface area contributed by atoms with Crippen molar-refractivity contribution in [2.45, 2.75) is 26.4 Å². The van der Waals surface area contributed by atoms with Crippen LogP contribution < -0.4 is 43.0 Å². The number of carbonyl (C=O) groups is 2. The maximum Gasteiger partial charge on any atom is 0.251 e. The van der Waals surface area contributed by atoms with Crippen LogP contribution in [0.2, 0.25) is 0 Å². The van der Waals surface area contributed by atoms with Crippen LogP contribution in [0.3, 0.4) is 0 Å². The minimum atomic E-state index is -0.422. The van der Waals surface area contributed by atoms with Crippen molar-refractivity contribution >= 4 is 23.5 Å². The van der Waals surface area contributed by atoms with E-state index in [0.717, 1.165) is 11.4 Å². The molecule has 15 nitrogen and oxygen atoms in total. The number of ether oxygens (including phenoxy) is 4. The lowest BCUT2D eigenvalue weighted by Crippen LogP contribution is -2.65. The number of nitrogens with one attached hydrogen (secondary N) is 7. The number of hydrogen-bond acceptors (Lipinski definition) is 13. The van der Waals surface area contributed by atoms with Gasteiger partial charge in [0, 0.05) is 48.7 Å². The molecule has 0 saturated heterocycles. The standard InChI is InChI=1S/C35H53N9O6/c1-3-4-8-27(2)40-34-42-33(39-18-22-50-26-25-49-20-16-37-31(45)28-9-6-5-7-10-28)43-35(44-34)41-30-13-11-29(12-14-30)32(46)38-17-21-48-24-23-47-19-15-36/h3-14,33-34,39-40,42H,15-26,36H2,1-2H3,(H,37,45)(H,38,46)(H2,41,43,44)/b4-3-,27-8+. The monoisotopic (exact) mass is 695 g/mol. The molecule has 1 aliphatic heterocycles. The normalized spacial score (nSPS) is 16.1. The first-order chi connectivity index (χ1) is 24.5. The van der Waals surface area contributed by atoms with Crippen molar-refractivity contribution < 1.29 is 28.5 Å². The second-order valence-electron chi connectivity index (χ2n) is 10.9. The van der Waals surface area contributed by atoms with Crippen LogP contribution in [-0.4, -0.2) is 109 Å². The molecule has 15 heteroatoms. The van der Waals surface area contributed by atoms with Crippen molar-refractivity contribution in [3.8, 4) is 0 Å². The highest BCUT2D eigenvalue weighted by Crippen LogP contribution is 2.10. The minimum absolute atomic E-state index is 0.122. The fraction of sp³-hybridized carbons (Fsp3) is 0.457. The van der Waals surface area contributed by atoms with Crippen LogP contribution in [0, 0.1) is 0 Å². The molecule has 0 radical (unpaired) electrons. The van der Waals surface area contributed by atoms with E-state index in [-0.39, 0.29) is 18.1 Å². The molecular weight excluding hydrogens is 642 g/mol. The highest BCUT2D eigenvalue weighted by molar-refractivity contribution is 5.97. The van der Waals surface area contributed by atoms with Crippen molar-refractivity contribution in [1.82, 2.24) is 31.9 Å². The van der Waals surface area contributed by atoms with Gasteiger partial charge in [-0.2, -0.15) is 0 Å². The van der Waals surface area contributed by atoms with Gasteiger partial charge in [0.1, 0.15) is 6.29 Å². The van der Waals surface area contributed by atoms with Crippen molar-refractivity contribution in [2.75, 3.05) is 84.4 Å². The summed E-state index contributed by atoms with van der Waals surface area (Å²) in [4.78, 5) is 29.3. The van der Waals surface area contributed by atoms with Gasteiger partial charge in [0.15, 0.2) is 6.29 Å². The first-order valence-corrected chi connectivity index (χ1v) is 16.9. The van der Waals surface area contributed by atoms with Crippen molar-refractivity contribution in [2.24, 2.45) is 10.7 Å². The molecule has 1 heterocycles. The summed E-state index contributed by atoms with van der Waals surface area (Å²) in [6.07, 6.45) is 5.13. The molecule has 1 aliphatic rings. The third-order valence-electron chi connectivity index (χ3n) is 6.88. The summed E-state index contributed by atoms with van der Waals surface area (Å²) in [5, 5.41) is 22.4.